The van der Waals surface area contributed by atoms with E-state index >= 15 is 0 Å². The Morgan fingerprint density at radius 1 is 0.952 bits per heavy atom. The second-order valence-corrected chi connectivity index (χ2v) is 5.38. The van der Waals surface area contributed by atoms with Gasteiger partial charge in [0.2, 0.25) is 0 Å². The van der Waals surface area contributed by atoms with Crippen LogP contribution in [-0.2, 0) is 0 Å². The van der Waals surface area contributed by atoms with Crippen molar-refractivity contribution >= 4 is 11.3 Å². The van der Waals surface area contributed by atoms with E-state index in [2.05, 4.69) is 4.98 Å². The van der Waals surface area contributed by atoms with Crippen molar-refractivity contribution in [3.63, 3.8) is 0 Å². The Morgan fingerprint density at radius 2 is 1.48 bits per heavy atom. The first kappa shape index (κ1) is 15.8. The van der Waals surface area contributed by atoms with Crippen LogP contribution in [0.4, 0.5) is 26.3 Å². The van der Waals surface area contributed by atoms with Crippen LogP contribution in [0.3, 0.4) is 0 Å². The van der Waals surface area contributed by atoms with Crippen molar-refractivity contribution in [3.8, 4) is 10.6 Å². The summed E-state index contributed by atoms with van der Waals surface area (Å²) in [5.41, 5.74) is 0.235. The molecule has 0 bridgehead atoms. The fourth-order valence-electron chi connectivity index (χ4n) is 1.86. The minimum absolute atomic E-state index is 0.140. The number of alkyl halides is 6. The van der Waals surface area contributed by atoms with E-state index in [4.69, 9.17) is 0 Å². The van der Waals surface area contributed by atoms with E-state index in [-0.39, 0.29) is 10.7 Å². The highest BCUT2D eigenvalue weighted by atomic mass is 32.1. The monoisotopic (exact) mass is 325 g/mol. The van der Waals surface area contributed by atoms with Crippen molar-refractivity contribution in [3.05, 3.63) is 40.9 Å². The molecule has 0 saturated heterocycles. The lowest BCUT2D eigenvalue weighted by atomic mass is 10.1. The zero-order valence-corrected chi connectivity index (χ0v) is 11.4. The molecule has 0 N–H and O–H groups in total. The third kappa shape index (κ3) is 3.37. The van der Waals surface area contributed by atoms with Crippen LogP contribution in [0.1, 0.15) is 16.5 Å². The Morgan fingerprint density at radius 3 is 1.95 bits per heavy atom. The smallest absolute Gasteiger partial charge is 0.241 e. The second-order valence-electron chi connectivity index (χ2n) is 4.35. The van der Waals surface area contributed by atoms with Crippen molar-refractivity contribution in [2.45, 2.75) is 25.2 Å². The van der Waals surface area contributed by atoms with E-state index in [0.29, 0.717) is 16.9 Å². The summed E-state index contributed by atoms with van der Waals surface area (Å²) in [4.78, 5) is 3.04. The van der Waals surface area contributed by atoms with Gasteiger partial charge in [0.1, 0.15) is 5.01 Å². The maximum atomic E-state index is 12.8. The molecule has 2 aromatic rings. The quantitative estimate of drug-likeness (QED) is 0.680. The fraction of sp³-hybridized carbons (Fsp3) is 0.308. The minimum atomic E-state index is -5.40. The van der Waals surface area contributed by atoms with Crippen LogP contribution in [0.25, 0.3) is 10.6 Å². The van der Waals surface area contributed by atoms with Gasteiger partial charge in [0.15, 0.2) is 5.92 Å². The second kappa shape index (κ2) is 5.32. The van der Waals surface area contributed by atoms with Gasteiger partial charge in [-0.1, -0.05) is 30.3 Å². The van der Waals surface area contributed by atoms with Crippen molar-refractivity contribution in [1.29, 1.82) is 0 Å². The van der Waals surface area contributed by atoms with Gasteiger partial charge in [-0.3, -0.25) is 0 Å². The number of nitrogens with zero attached hydrogens (tertiary/aromatic N) is 1. The summed E-state index contributed by atoms with van der Waals surface area (Å²) in [7, 11) is 0. The SMILES string of the molecule is Cc1nc(-c2ccccc2)sc1C(C(F)(F)F)C(F)(F)F. The number of hydrogen-bond acceptors (Lipinski definition) is 2. The molecule has 0 radical (unpaired) electrons. The summed E-state index contributed by atoms with van der Waals surface area (Å²) in [5, 5.41) is 0.140. The van der Waals surface area contributed by atoms with Gasteiger partial charge in [-0.2, -0.15) is 26.3 Å². The Balaban J connectivity index is 2.51. The van der Waals surface area contributed by atoms with Crippen molar-refractivity contribution in [1.82, 2.24) is 4.98 Å². The van der Waals surface area contributed by atoms with E-state index in [1.165, 1.54) is 0 Å². The van der Waals surface area contributed by atoms with Crippen LogP contribution in [0, 0.1) is 6.92 Å². The Bertz CT molecular complexity index is 600. The first-order valence-corrected chi connectivity index (χ1v) is 6.58. The Kier molecular flexibility index (Phi) is 4.01. The van der Waals surface area contributed by atoms with Crippen molar-refractivity contribution < 1.29 is 26.3 Å². The molecule has 1 nitrogen and oxygen atoms in total. The van der Waals surface area contributed by atoms with Gasteiger partial charge < -0.3 is 0 Å². The fourth-order valence-corrected chi connectivity index (χ4v) is 3.09. The molecular formula is C13H9F6NS. The highest BCUT2D eigenvalue weighted by Gasteiger charge is 2.58. The summed E-state index contributed by atoms with van der Waals surface area (Å²) >= 11 is 0.423. The normalized spacial score (nSPS) is 13.0. The summed E-state index contributed by atoms with van der Waals surface area (Å²) in [6, 6.07) is 8.13. The molecule has 114 valence electrons. The van der Waals surface area contributed by atoms with E-state index in [9.17, 15) is 26.3 Å². The maximum Gasteiger partial charge on any atom is 0.405 e. The molecule has 0 aliphatic rings. The largest absolute Gasteiger partial charge is 0.405 e. The van der Waals surface area contributed by atoms with Gasteiger partial charge in [0.25, 0.3) is 0 Å². The zero-order valence-electron chi connectivity index (χ0n) is 10.6. The third-order valence-corrected chi connectivity index (χ3v) is 4.04. The summed E-state index contributed by atoms with van der Waals surface area (Å²) in [6.45, 7) is 1.16. The summed E-state index contributed by atoms with van der Waals surface area (Å²) in [5.74, 6) is -3.50. The number of halogens is 6. The lowest BCUT2D eigenvalue weighted by molar-refractivity contribution is -0.252. The molecule has 0 unspecified atom stereocenters. The van der Waals surface area contributed by atoms with Crippen LogP contribution in [-0.4, -0.2) is 17.3 Å². The van der Waals surface area contributed by atoms with E-state index in [1.807, 2.05) is 0 Å². The molecule has 0 spiro atoms. The van der Waals surface area contributed by atoms with Gasteiger partial charge in [-0.05, 0) is 6.92 Å². The van der Waals surface area contributed by atoms with Crippen LogP contribution in [0.2, 0.25) is 0 Å². The predicted molar refractivity (Wildman–Crippen MR) is 67.1 cm³/mol. The molecule has 21 heavy (non-hydrogen) atoms. The maximum absolute atomic E-state index is 12.8. The first-order valence-electron chi connectivity index (χ1n) is 5.77. The van der Waals surface area contributed by atoms with Gasteiger partial charge in [-0.15, -0.1) is 11.3 Å². The number of aromatic nitrogens is 1. The molecule has 1 heterocycles. The molecular weight excluding hydrogens is 316 g/mol. The molecule has 2 rings (SSSR count). The molecule has 0 saturated carbocycles. The molecule has 0 fully saturated rings. The molecule has 8 heteroatoms. The minimum Gasteiger partial charge on any atom is -0.241 e. The molecule has 0 atom stereocenters. The van der Waals surface area contributed by atoms with E-state index < -0.39 is 23.1 Å². The number of benzene rings is 1. The zero-order chi connectivity index (χ0) is 15.8. The third-order valence-electron chi connectivity index (χ3n) is 2.77. The topological polar surface area (TPSA) is 12.9 Å². The number of thiazole rings is 1. The summed E-state index contributed by atoms with van der Waals surface area (Å²) in [6.07, 6.45) is -10.8. The Labute approximate surface area is 120 Å². The standard InChI is InChI=1S/C13H9F6NS/c1-7-9(10(12(14,15)16)13(17,18)19)21-11(20-7)8-5-3-2-4-6-8/h2-6,10H,1H3. The molecule has 0 aliphatic heterocycles. The first-order chi connectivity index (χ1) is 9.60. The molecule has 0 amide bonds. The average Bonchev–Trinajstić information content (AvgIpc) is 2.69. The van der Waals surface area contributed by atoms with Crippen LogP contribution >= 0.6 is 11.3 Å². The molecule has 0 aliphatic carbocycles. The van der Waals surface area contributed by atoms with Gasteiger partial charge in [0.05, 0.1) is 5.69 Å². The van der Waals surface area contributed by atoms with Crippen molar-refractivity contribution in [2.24, 2.45) is 0 Å². The Hall–Kier alpha value is -1.57. The van der Waals surface area contributed by atoms with Crippen LogP contribution in [0.15, 0.2) is 30.3 Å². The van der Waals surface area contributed by atoms with Gasteiger partial charge in [0, 0.05) is 10.4 Å². The van der Waals surface area contributed by atoms with Crippen LogP contribution in [0.5, 0.6) is 0 Å². The summed E-state index contributed by atoms with van der Waals surface area (Å²) < 4.78 is 76.5. The number of rotatable bonds is 2. The number of aryl methyl sites for hydroxylation is 1. The van der Waals surface area contributed by atoms with Gasteiger partial charge in [-0.25, -0.2) is 4.98 Å². The average molecular weight is 325 g/mol. The lowest BCUT2D eigenvalue weighted by Crippen LogP contribution is -2.33. The van der Waals surface area contributed by atoms with E-state index in [0.717, 1.165) is 6.92 Å². The van der Waals surface area contributed by atoms with Gasteiger partial charge >= 0.3 is 12.4 Å². The number of hydrogen-bond donors (Lipinski definition) is 0. The lowest BCUT2D eigenvalue weighted by Gasteiger charge is -2.22. The highest BCUT2D eigenvalue weighted by molar-refractivity contribution is 7.15. The van der Waals surface area contributed by atoms with E-state index in [1.54, 1.807) is 30.3 Å². The highest BCUT2D eigenvalue weighted by Crippen LogP contribution is 2.49. The van der Waals surface area contributed by atoms with Crippen molar-refractivity contribution in [2.75, 3.05) is 0 Å². The molecule has 1 aromatic carbocycles. The predicted octanol–water partition coefficient (Wildman–Crippen LogP) is 5.33. The molecule has 1 aromatic heterocycles. The van der Waals surface area contributed by atoms with Crippen LogP contribution < -0.4 is 0 Å².